The predicted octanol–water partition coefficient (Wildman–Crippen LogP) is 3.08. The molecule has 4 nitrogen and oxygen atoms in total. The fraction of sp³-hybridized carbons (Fsp3) is 0.200. The molecular formula is C15H16FNO3S. The number of sulfonamides is 1. The van der Waals surface area contributed by atoms with Gasteiger partial charge in [0, 0.05) is 7.11 Å². The molecule has 1 N–H and O–H groups in total. The Hall–Kier alpha value is -1.92. The predicted molar refractivity (Wildman–Crippen MR) is 79.1 cm³/mol. The van der Waals surface area contributed by atoms with Crippen molar-refractivity contribution in [2.75, 3.05) is 11.8 Å². The van der Waals surface area contributed by atoms with Gasteiger partial charge < -0.3 is 4.74 Å². The van der Waals surface area contributed by atoms with Gasteiger partial charge in [-0.05, 0) is 42.3 Å². The Labute approximate surface area is 123 Å². The van der Waals surface area contributed by atoms with Gasteiger partial charge in [-0.15, -0.1) is 0 Å². The van der Waals surface area contributed by atoms with Gasteiger partial charge in [0.1, 0.15) is 5.82 Å². The van der Waals surface area contributed by atoms with E-state index in [0.717, 1.165) is 11.6 Å². The van der Waals surface area contributed by atoms with E-state index >= 15 is 0 Å². The normalized spacial score (nSPS) is 11.4. The van der Waals surface area contributed by atoms with Crippen LogP contribution in [0.15, 0.2) is 47.4 Å². The van der Waals surface area contributed by atoms with Crippen LogP contribution in [0.1, 0.15) is 11.1 Å². The van der Waals surface area contributed by atoms with Gasteiger partial charge in [0.25, 0.3) is 10.0 Å². The first-order chi connectivity index (χ1) is 9.92. The van der Waals surface area contributed by atoms with Crippen molar-refractivity contribution in [3.8, 4) is 0 Å². The Balaban J connectivity index is 2.27. The van der Waals surface area contributed by atoms with E-state index in [1.54, 1.807) is 26.2 Å². The van der Waals surface area contributed by atoms with E-state index in [9.17, 15) is 12.8 Å². The molecule has 0 unspecified atom stereocenters. The van der Waals surface area contributed by atoms with Crippen LogP contribution in [0.5, 0.6) is 0 Å². The first-order valence-electron chi connectivity index (χ1n) is 6.29. The van der Waals surface area contributed by atoms with E-state index in [1.807, 2.05) is 0 Å². The summed E-state index contributed by atoms with van der Waals surface area (Å²) in [4.78, 5) is 0.117. The van der Waals surface area contributed by atoms with Gasteiger partial charge in [-0.1, -0.05) is 18.2 Å². The third-order valence-corrected chi connectivity index (χ3v) is 4.37. The van der Waals surface area contributed by atoms with Crippen LogP contribution in [0, 0.1) is 12.7 Å². The van der Waals surface area contributed by atoms with E-state index in [0.29, 0.717) is 12.2 Å². The average molecular weight is 309 g/mol. The van der Waals surface area contributed by atoms with Crippen LogP contribution in [-0.2, 0) is 21.4 Å². The molecule has 2 rings (SSSR count). The van der Waals surface area contributed by atoms with Gasteiger partial charge >= 0.3 is 0 Å². The third kappa shape index (κ3) is 3.80. The summed E-state index contributed by atoms with van der Waals surface area (Å²) in [5.41, 5.74) is 1.75. The first kappa shape index (κ1) is 15.5. The molecule has 0 saturated carbocycles. The van der Waals surface area contributed by atoms with Crippen molar-refractivity contribution in [3.05, 3.63) is 59.4 Å². The lowest BCUT2D eigenvalue weighted by Gasteiger charge is -2.11. The molecule has 0 aliphatic rings. The van der Waals surface area contributed by atoms with E-state index in [4.69, 9.17) is 4.74 Å². The molecule has 0 radical (unpaired) electrons. The number of aryl methyl sites for hydroxylation is 1. The van der Waals surface area contributed by atoms with E-state index in [-0.39, 0.29) is 10.6 Å². The maximum absolute atomic E-state index is 13.2. The lowest BCUT2D eigenvalue weighted by Crippen LogP contribution is -2.14. The number of nitrogens with one attached hydrogen (secondary N) is 1. The number of anilines is 1. The highest BCUT2D eigenvalue weighted by molar-refractivity contribution is 7.92. The highest BCUT2D eigenvalue weighted by Gasteiger charge is 2.15. The van der Waals surface area contributed by atoms with Crippen LogP contribution in [0.3, 0.4) is 0 Å². The first-order valence-corrected chi connectivity index (χ1v) is 7.77. The monoisotopic (exact) mass is 309 g/mol. The molecule has 0 atom stereocenters. The smallest absolute Gasteiger partial charge is 0.261 e. The van der Waals surface area contributed by atoms with Crippen molar-refractivity contribution < 1.29 is 17.5 Å². The van der Waals surface area contributed by atoms with Crippen LogP contribution in [0.25, 0.3) is 0 Å². The lowest BCUT2D eigenvalue weighted by atomic mass is 10.2. The summed E-state index contributed by atoms with van der Waals surface area (Å²) in [6, 6.07) is 10.3. The van der Waals surface area contributed by atoms with Crippen molar-refractivity contribution in [2.24, 2.45) is 0 Å². The summed E-state index contributed by atoms with van der Waals surface area (Å²) in [5.74, 6) is -0.492. The van der Waals surface area contributed by atoms with Crippen molar-refractivity contribution in [1.82, 2.24) is 0 Å². The summed E-state index contributed by atoms with van der Waals surface area (Å²) in [6.07, 6.45) is 0. The minimum atomic E-state index is -3.74. The molecule has 0 heterocycles. The van der Waals surface area contributed by atoms with Crippen molar-refractivity contribution in [2.45, 2.75) is 18.4 Å². The minimum Gasteiger partial charge on any atom is -0.380 e. The number of hydrogen-bond donors (Lipinski definition) is 1. The van der Waals surface area contributed by atoms with Crippen molar-refractivity contribution in [3.63, 3.8) is 0 Å². The number of halogens is 1. The molecule has 0 amide bonds. The zero-order chi connectivity index (χ0) is 15.5. The molecule has 0 aliphatic heterocycles. The Bertz CT molecular complexity index is 727. The highest BCUT2D eigenvalue weighted by Crippen LogP contribution is 2.21. The van der Waals surface area contributed by atoms with Crippen molar-refractivity contribution in [1.29, 1.82) is 0 Å². The second-order valence-corrected chi connectivity index (χ2v) is 6.32. The van der Waals surface area contributed by atoms with E-state index in [2.05, 4.69) is 4.72 Å². The van der Waals surface area contributed by atoms with Gasteiger partial charge in [-0.2, -0.15) is 0 Å². The largest absolute Gasteiger partial charge is 0.380 e. The topological polar surface area (TPSA) is 55.4 Å². The Morgan fingerprint density at radius 2 is 1.81 bits per heavy atom. The highest BCUT2D eigenvalue weighted by atomic mass is 32.2. The molecule has 0 aromatic heterocycles. The number of rotatable bonds is 5. The van der Waals surface area contributed by atoms with E-state index in [1.165, 1.54) is 24.3 Å². The minimum absolute atomic E-state index is 0.117. The zero-order valence-electron chi connectivity index (χ0n) is 11.8. The standard InChI is InChI=1S/C15H16FNO3S/c1-11-3-6-13(16)9-15(11)17-21(18,19)14-7-4-12(5-8-14)10-20-2/h3-9,17H,10H2,1-2H3. The average Bonchev–Trinajstić information content (AvgIpc) is 2.44. The van der Waals surface area contributed by atoms with Gasteiger partial charge in [-0.25, -0.2) is 12.8 Å². The number of benzene rings is 2. The Morgan fingerprint density at radius 1 is 1.14 bits per heavy atom. The van der Waals surface area contributed by atoms with Crippen LogP contribution in [0.4, 0.5) is 10.1 Å². The molecule has 0 spiro atoms. The maximum atomic E-state index is 13.2. The van der Waals surface area contributed by atoms with Gasteiger partial charge in [0.05, 0.1) is 17.2 Å². The van der Waals surface area contributed by atoms with Crippen LogP contribution < -0.4 is 4.72 Å². The summed E-state index contributed by atoms with van der Waals surface area (Å²) >= 11 is 0. The zero-order valence-corrected chi connectivity index (χ0v) is 12.6. The molecule has 2 aromatic rings. The number of ether oxygens (including phenoxy) is 1. The molecule has 112 valence electrons. The van der Waals surface area contributed by atoms with Gasteiger partial charge in [0.15, 0.2) is 0 Å². The Morgan fingerprint density at radius 3 is 2.43 bits per heavy atom. The molecule has 0 bridgehead atoms. The quantitative estimate of drug-likeness (QED) is 0.923. The number of hydrogen-bond acceptors (Lipinski definition) is 3. The molecule has 0 saturated heterocycles. The van der Waals surface area contributed by atoms with Gasteiger partial charge in [0.2, 0.25) is 0 Å². The van der Waals surface area contributed by atoms with Crippen LogP contribution in [0.2, 0.25) is 0 Å². The summed E-state index contributed by atoms with van der Waals surface area (Å²) < 4.78 is 45.1. The summed E-state index contributed by atoms with van der Waals surface area (Å²) in [6.45, 7) is 2.12. The van der Waals surface area contributed by atoms with E-state index < -0.39 is 15.8 Å². The fourth-order valence-electron chi connectivity index (χ4n) is 1.84. The molecule has 0 aliphatic carbocycles. The van der Waals surface area contributed by atoms with Gasteiger partial charge in [-0.3, -0.25) is 4.72 Å². The third-order valence-electron chi connectivity index (χ3n) is 2.99. The molecule has 6 heteroatoms. The molecule has 21 heavy (non-hydrogen) atoms. The second kappa shape index (κ2) is 6.24. The van der Waals surface area contributed by atoms with Crippen LogP contribution in [-0.4, -0.2) is 15.5 Å². The summed E-state index contributed by atoms with van der Waals surface area (Å²) in [7, 11) is -2.17. The lowest BCUT2D eigenvalue weighted by molar-refractivity contribution is 0.185. The molecule has 0 fully saturated rings. The maximum Gasteiger partial charge on any atom is 0.261 e. The molecular weight excluding hydrogens is 293 g/mol. The SMILES string of the molecule is COCc1ccc(S(=O)(=O)Nc2cc(F)ccc2C)cc1. The van der Waals surface area contributed by atoms with Crippen molar-refractivity contribution >= 4 is 15.7 Å². The second-order valence-electron chi connectivity index (χ2n) is 4.64. The Kier molecular flexibility index (Phi) is 4.59. The number of methoxy groups -OCH3 is 1. The summed E-state index contributed by atoms with van der Waals surface area (Å²) in [5, 5.41) is 0. The molecule has 2 aromatic carbocycles. The van der Waals surface area contributed by atoms with Crippen LogP contribution >= 0.6 is 0 Å². The fourth-order valence-corrected chi connectivity index (χ4v) is 2.96.